The molecule has 0 aliphatic rings. The zero-order chi connectivity index (χ0) is 9.97. The second-order valence-corrected chi connectivity index (χ2v) is 3.22. The van der Waals surface area contributed by atoms with Crippen LogP contribution in [0, 0.1) is 0 Å². The quantitative estimate of drug-likeness (QED) is 0.657. The van der Waals surface area contributed by atoms with Crippen molar-refractivity contribution in [1.82, 2.24) is 0 Å². The summed E-state index contributed by atoms with van der Waals surface area (Å²) in [4.78, 5) is 0. The van der Waals surface area contributed by atoms with Gasteiger partial charge >= 0.3 is 5.88 Å². The molecule has 1 aromatic heterocycles. The predicted octanol–water partition coefficient (Wildman–Crippen LogP) is 2.06. The zero-order valence-electron chi connectivity index (χ0n) is 8.53. The Labute approximate surface area is 83.8 Å². The van der Waals surface area contributed by atoms with Gasteiger partial charge in [0, 0.05) is 11.5 Å². The Bertz CT molecular complexity index is 451. The SMILES string of the molecule is CCOc1ccc2ccccc2[n+]1C. The first-order valence-electron chi connectivity index (χ1n) is 4.83. The molecule has 2 heteroatoms. The van der Waals surface area contributed by atoms with Gasteiger partial charge < -0.3 is 4.74 Å². The number of aryl methyl sites for hydroxylation is 1. The van der Waals surface area contributed by atoms with Crippen molar-refractivity contribution >= 4 is 10.9 Å². The third kappa shape index (κ3) is 1.43. The summed E-state index contributed by atoms with van der Waals surface area (Å²) in [5.41, 5.74) is 1.19. The molecule has 0 unspecified atom stereocenters. The van der Waals surface area contributed by atoms with Crippen molar-refractivity contribution in [3.8, 4) is 5.88 Å². The Morgan fingerprint density at radius 2 is 1.93 bits per heavy atom. The van der Waals surface area contributed by atoms with Crippen molar-refractivity contribution in [3.63, 3.8) is 0 Å². The molecule has 0 fully saturated rings. The molecule has 0 aliphatic heterocycles. The van der Waals surface area contributed by atoms with E-state index in [1.54, 1.807) is 0 Å². The Hall–Kier alpha value is -1.57. The standard InChI is InChI=1S/C12H14NO/c1-3-14-12-9-8-10-6-4-5-7-11(10)13(12)2/h4-9H,3H2,1-2H3/q+1. The summed E-state index contributed by atoms with van der Waals surface area (Å²) in [6.07, 6.45) is 0. The van der Waals surface area contributed by atoms with Gasteiger partial charge in [-0.3, -0.25) is 0 Å². The van der Waals surface area contributed by atoms with E-state index in [0.717, 1.165) is 5.88 Å². The molecule has 0 saturated carbocycles. The normalized spacial score (nSPS) is 10.4. The minimum absolute atomic E-state index is 0.701. The first-order chi connectivity index (χ1) is 6.83. The molecule has 1 aromatic carbocycles. The molecule has 72 valence electrons. The van der Waals surface area contributed by atoms with Crippen molar-refractivity contribution in [3.05, 3.63) is 36.4 Å². The summed E-state index contributed by atoms with van der Waals surface area (Å²) in [6, 6.07) is 12.4. The Kier molecular flexibility index (Phi) is 2.35. The van der Waals surface area contributed by atoms with Gasteiger partial charge in [0.1, 0.15) is 7.05 Å². The molecule has 0 bridgehead atoms. The lowest BCUT2D eigenvalue weighted by molar-refractivity contribution is -0.651. The average molecular weight is 188 g/mol. The van der Waals surface area contributed by atoms with Gasteiger partial charge in [-0.25, -0.2) is 0 Å². The van der Waals surface area contributed by atoms with Crippen LogP contribution in [-0.2, 0) is 7.05 Å². The van der Waals surface area contributed by atoms with Crippen LogP contribution in [-0.4, -0.2) is 6.61 Å². The highest BCUT2D eigenvalue weighted by Crippen LogP contribution is 2.13. The molecule has 0 amide bonds. The maximum absolute atomic E-state index is 5.51. The lowest BCUT2D eigenvalue weighted by Gasteiger charge is -2.02. The molecular weight excluding hydrogens is 174 g/mol. The molecule has 14 heavy (non-hydrogen) atoms. The third-order valence-corrected chi connectivity index (χ3v) is 2.33. The van der Waals surface area contributed by atoms with Gasteiger partial charge in [0.15, 0.2) is 0 Å². The number of nitrogens with zero attached hydrogens (tertiary/aromatic N) is 1. The van der Waals surface area contributed by atoms with E-state index in [0.29, 0.717) is 6.61 Å². The number of rotatable bonds is 2. The van der Waals surface area contributed by atoms with Crippen molar-refractivity contribution in [2.24, 2.45) is 7.05 Å². The van der Waals surface area contributed by atoms with Crippen LogP contribution in [0.1, 0.15) is 6.92 Å². The van der Waals surface area contributed by atoms with E-state index in [2.05, 4.69) is 22.8 Å². The Morgan fingerprint density at radius 1 is 1.14 bits per heavy atom. The Balaban J connectivity index is 2.63. The van der Waals surface area contributed by atoms with Gasteiger partial charge in [0.2, 0.25) is 5.52 Å². The average Bonchev–Trinajstić information content (AvgIpc) is 2.23. The van der Waals surface area contributed by atoms with Gasteiger partial charge in [0.05, 0.1) is 12.7 Å². The molecule has 2 rings (SSSR count). The monoisotopic (exact) mass is 188 g/mol. The zero-order valence-corrected chi connectivity index (χ0v) is 8.53. The maximum atomic E-state index is 5.51. The summed E-state index contributed by atoms with van der Waals surface area (Å²) in [6.45, 7) is 2.70. The molecule has 1 heterocycles. The minimum atomic E-state index is 0.701. The molecule has 2 nitrogen and oxygen atoms in total. The number of fused-ring (bicyclic) bond motifs is 1. The number of hydrogen-bond donors (Lipinski definition) is 0. The summed E-state index contributed by atoms with van der Waals surface area (Å²) in [5, 5.41) is 1.23. The van der Waals surface area contributed by atoms with Crippen LogP contribution in [0.4, 0.5) is 0 Å². The van der Waals surface area contributed by atoms with Gasteiger partial charge in [-0.05, 0) is 19.1 Å². The number of pyridine rings is 1. The van der Waals surface area contributed by atoms with E-state index >= 15 is 0 Å². The smallest absolute Gasteiger partial charge is 0.368 e. The number of para-hydroxylation sites is 1. The van der Waals surface area contributed by atoms with Crippen LogP contribution < -0.4 is 9.30 Å². The number of benzene rings is 1. The second kappa shape index (κ2) is 3.66. The van der Waals surface area contributed by atoms with Gasteiger partial charge in [-0.1, -0.05) is 12.1 Å². The van der Waals surface area contributed by atoms with Gasteiger partial charge in [-0.2, -0.15) is 4.57 Å². The maximum Gasteiger partial charge on any atom is 0.368 e. The fourth-order valence-electron chi connectivity index (χ4n) is 1.62. The van der Waals surface area contributed by atoms with E-state index in [9.17, 15) is 0 Å². The predicted molar refractivity (Wildman–Crippen MR) is 56.3 cm³/mol. The number of aromatic nitrogens is 1. The molecule has 2 aromatic rings. The van der Waals surface area contributed by atoms with Crippen LogP contribution >= 0.6 is 0 Å². The summed E-state index contributed by atoms with van der Waals surface area (Å²) < 4.78 is 7.58. The summed E-state index contributed by atoms with van der Waals surface area (Å²) in [5.74, 6) is 0.909. The van der Waals surface area contributed by atoms with E-state index in [1.165, 1.54) is 10.9 Å². The molecular formula is C12H14NO+. The molecule has 0 atom stereocenters. The molecule has 0 N–H and O–H groups in total. The minimum Gasteiger partial charge on any atom is -0.445 e. The molecule has 0 saturated heterocycles. The highest BCUT2D eigenvalue weighted by atomic mass is 16.5. The van der Waals surface area contributed by atoms with E-state index < -0.39 is 0 Å². The van der Waals surface area contributed by atoms with Crippen LogP contribution in [0.25, 0.3) is 10.9 Å². The number of ether oxygens (including phenoxy) is 1. The number of hydrogen-bond acceptors (Lipinski definition) is 1. The first kappa shape index (κ1) is 9.00. The van der Waals surface area contributed by atoms with Crippen LogP contribution in [0.3, 0.4) is 0 Å². The van der Waals surface area contributed by atoms with Crippen molar-refractivity contribution in [2.45, 2.75) is 6.92 Å². The lowest BCUT2D eigenvalue weighted by atomic mass is 10.2. The third-order valence-electron chi connectivity index (χ3n) is 2.33. The molecule has 0 aliphatic carbocycles. The van der Waals surface area contributed by atoms with Crippen molar-refractivity contribution < 1.29 is 9.30 Å². The highest BCUT2D eigenvalue weighted by molar-refractivity contribution is 5.75. The topological polar surface area (TPSA) is 13.1 Å². The fourth-order valence-corrected chi connectivity index (χ4v) is 1.62. The van der Waals surface area contributed by atoms with Crippen molar-refractivity contribution in [2.75, 3.05) is 6.61 Å². The fraction of sp³-hybridized carbons (Fsp3) is 0.250. The van der Waals surface area contributed by atoms with E-state index in [1.807, 2.05) is 32.2 Å². The van der Waals surface area contributed by atoms with Gasteiger partial charge in [-0.15, -0.1) is 0 Å². The molecule has 0 spiro atoms. The van der Waals surface area contributed by atoms with Crippen LogP contribution in [0.15, 0.2) is 36.4 Å². The van der Waals surface area contributed by atoms with Crippen molar-refractivity contribution in [1.29, 1.82) is 0 Å². The summed E-state index contributed by atoms with van der Waals surface area (Å²) >= 11 is 0. The lowest BCUT2D eigenvalue weighted by Crippen LogP contribution is -2.31. The van der Waals surface area contributed by atoms with E-state index in [4.69, 9.17) is 4.74 Å². The first-order valence-corrected chi connectivity index (χ1v) is 4.83. The second-order valence-electron chi connectivity index (χ2n) is 3.22. The largest absolute Gasteiger partial charge is 0.445 e. The van der Waals surface area contributed by atoms with Crippen LogP contribution in [0.5, 0.6) is 5.88 Å². The molecule has 0 radical (unpaired) electrons. The highest BCUT2D eigenvalue weighted by Gasteiger charge is 2.10. The van der Waals surface area contributed by atoms with E-state index in [-0.39, 0.29) is 0 Å². The Morgan fingerprint density at radius 3 is 2.71 bits per heavy atom. The summed E-state index contributed by atoms with van der Waals surface area (Å²) in [7, 11) is 2.02. The van der Waals surface area contributed by atoms with Crippen LogP contribution in [0.2, 0.25) is 0 Å². The van der Waals surface area contributed by atoms with Gasteiger partial charge in [0.25, 0.3) is 0 Å².